The molecule has 3 amide bonds. The molecule has 41 heavy (non-hydrogen) atoms. The number of hydrogen-bond donors (Lipinski definition) is 4. The number of aliphatic hydroxyl groups is 1. The molecule has 2 heterocycles. The number of urea groups is 1. The number of nitrogens with zero attached hydrogens (tertiary/aromatic N) is 5. The first-order valence-electron chi connectivity index (χ1n) is 14.7. The fourth-order valence-corrected chi connectivity index (χ4v) is 5.74. The third-order valence-corrected chi connectivity index (χ3v) is 8.48. The van der Waals surface area contributed by atoms with E-state index in [1.807, 2.05) is 12.1 Å². The Hall–Kier alpha value is -3.32. The van der Waals surface area contributed by atoms with Gasteiger partial charge in [0.15, 0.2) is 0 Å². The van der Waals surface area contributed by atoms with Crippen LogP contribution in [0.3, 0.4) is 0 Å². The summed E-state index contributed by atoms with van der Waals surface area (Å²) < 4.78 is 1.46. The van der Waals surface area contributed by atoms with Gasteiger partial charge in [-0.25, -0.2) is 9.59 Å². The average molecular weight is 567 g/mol. The second-order valence-electron chi connectivity index (χ2n) is 11.6. The fraction of sp³-hybridized carbons (Fsp3) is 0.586. The van der Waals surface area contributed by atoms with Crippen molar-refractivity contribution in [3.63, 3.8) is 0 Å². The number of rotatable bonds is 9. The number of nitrogens with one attached hydrogen (secondary N) is 1. The molecular formula is C29H42N8O4. The molecular weight excluding hydrogens is 524 g/mol. The Labute approximate surface area is 240 Å². The summed E-state index contributed by atoms with van der Waals surface area (Å²) in [5.41, 5.74) is 13.2. The minimum atomic E-state index is -0.953. The number of aliphatic hydroxyl groups excluding tert-OH is 1. The van der Waals surface area contributed by atoms with Gasteiger partial charge in [-0.3, -0.25) is 19.6 Å². The number of benzene rings is 1. The number of carbonyl (C=O) groups is 2. The van der Waals surface area contributed by atoms with Gasteiger partial charge in [0.05, 0.1) is 12.3 Å². The smallest absolute Gasteiger partial charge is 0.354 e. The molecule has 222 valence electrons. The summed E-state index contributed by atoms with van der Waals surface area (Å²) in [5.74, 6) is 0.644. The maximum Gasteiger partial charge on any atom is 0.354 e. The SMILES string of the molecule is NC1CCC(N(Cc2ccc(-n3ccc(NC(=O)N4CCN(C(=O)C(N)CO)CC4)nc3=O)cc2)CC2CC2)CC1. The highest BCUT2D eigenvalue weighted by Crippen LogP contribution is 2.33. The van der Waals surface area contributed by atoms with Gasteiger partial charge in [-0.1, -0.05) is 12.1 Å². The van der Waals surface area contributed by atoms with Crippen molar-refractivity contribution < 1.29 is 14.7 Å². The lowest BCUT2D eigenvalue weighted by Crippen LogP contribution is -2.55. The Morgan fingerprint density at radius 1 is 1.00 bits per heavy atom. The monoisotopic (exact) mass is 566 g/mol. The van der Waals surface area contributed by atoms with Gasteiger partial charge in [-0.15, -0.1) is 0 Å². The molecule has 1 saturated heterocycles. The van der Waals surface area contributed by atoms with Crippen molar-refractivity contribution in [3.8, 4) is 5.69 Å². The molecule has 2 aliphatic carbocycles. The molecule has 1 aromatic carbocycles. The van der Waals surface area contributed by atoms with Crippen molar-refractivity contribution in [3.05, 3.63) is 52.6 Å². The van der Waals surface area contributed by atoms with Gasteiger partial charge in [0, 0.05) is 57.5 Å². The first-order valence-corrected chi connectivity index (χ1v) is 14.7. The summed E-state index contributed by atoms with van der Waals surface area (Å²) in [4.78, 5) is 47.4. The van der Waals surface area contributed by atoms with Gasteiger partial charge in [0.25, 0.3) is 0 Å². The second-order valence-corrected chi connectivity index (χ2v) is 11.6. The van der Waals surface area contributed by atoms with Crippen LogP contribution in [0.1, 0.15) is 44.1 Å². The number of amides is 3. The summed E-state index contributed by atoms with van der Waals surface area (Å²) in [6.07, 6.45) is 8.76. The Morgan fingerprint density at radius 2 is 1.66 bits per heavy atom. The van der Waals surface area contributed by atoms with Crippen LogP contribution in [0.25, 0.3) is 5.69 Å². The van der Waals surface area contributed by atoms with Crippen LogP contribution < -0.4 is 22.5 Å². The largest absolute Gasteiger partial charge is 0.394 e. The topological polar surface area (TPSA) is 163 Å². The normalized spacial score (nSPS) is 22.0. The molecule has 1 atom stereocenters. The van der Waals surface area contributed by atoms with E-state index in [9.17, 15) is 14.4 Å². The number of nitrogens with two attached hydrogens (primary N) is 2. The number of carbonyl (C=O) groups excluding carboxylic acids is 2. The number of anilines is 1. The molecule has 1 aliphatic heterocycles. The van der Waals surface area contributed by atoms with E-state index in [4.69, 9.17) is 16.6 Å². The average Bonchev–Trinajstić information content (AvgIpc) is 3.81. The van der Waals surface area contributed by atoms with Crippen LogP contribution >= 0.6 is 0 Å². The Bertz CT molecular complexity index is 1250. The van der Waals surface area contributed by atoms with Crippen molar-refractivity contribution in [2.24, 2.45) is 17.4 Å². The Kier molecular flexibility index (Phi) is 9.33. The first-order chi connectivity index (χ1) is 19.8. The number of aromatic nitrogens is 2. The van der Waals surface area contributed by atoms with E-state index in [0.717, 1.165) is 44.7 Å². The summed E-state index contributed by atoms with van der Waals surface area (Å²) in [6, 6.07) is 9.19. The second kappa shape index (κ2) is 13.1. The molecule has 12 heteroatoms. The van der Waals surface area contributed by atoms with Crippen LogP contribution in [0.5, 0.6) is 0 Å². The molecule has 12 nitrogen and oxygen atoms in total. The predicted molar refractivity (Wildman–Crippen MR) is 155 cm³/mol. The van der Waals surface area contributed by atoms with Crippen LogP contribution in [-0.2, 0) is 11.3 Å². The molecule has 5 rings (SSSR count). The Balaban J connectivity index is 1.16. The lowest BCUT2D eigenvalue weighted by Gasteiger charge is -2.36. The van der Waals surface area contributed by atoms with Crippen LogP contribution in [0.15, 0.2) is 41.3 Å². The third kappa shape index (κ3) is 7.50. The molecule has 1 aromatic heterocycles. The molecule has 1 unspecified atom stereocenters. The molecule has 0 spiro atoms. The maximum atomic E-state index is 12.8. The van der Waals surface area contributed by atoms with E-state index < -0.39 is 24.4 Å². The van der Waals surface area contributed by atoms with Crippen LogP contribution in [0.2, 0.25) is 0 Å². The van der Waals surface area contributed by atoms with Gasteiger partial charge in [0.2, 0.25) is 5.91 Å². The Morgan fingerprint density at radius 3 is 2.27 bits per heavy atom. The van der Waals surface area contributed by atoms with Crippen LogP contribution in [-0.4, -0.2) is 98.8 Å². The van der Waals surface area contributed by atoms with Gasteiger partial charge >= 0.3 is 11.7 Å². The summed E-state index contributed by atoms with van der Waals surface area (Å²) in [6.45, 7) is 2.87. The summed E-state index contributed by atoms with van der Waals surface area (Å²) in [7, 11) is 0. The molecule has 0 radical (unpaired) electrons. The van der Waals surface area contributed by atoms with Crippen molar-refractivity contribution in [2.75, 3.05) is 44.6 Å². The van der Waals surface area contributed by atoms with Crippen molar-refractivity contribution in [2.45, 2.75) is 63.2 Å². The zero-order valence-corrected chi connectivity index (χ0v) is 23.5. The van der Waals surface area contributed by atoms with Gasteiger partial charge < -0.3 is 26.4 Å². The molecule has 2 aromatic rings. The standard InChI is InChI=1S/C29H42N8O4/c30-22-5-9-23(10-6-22)36(17-20-1-2-20)18-21-3-7-24(8-4-21)37-12-11-26(33-29(37)41)32-28(40)35-15-13-34(14-16-35)27(39)25(31)19-38/h3-4,7-8,11-12,20,22-23,25,38H,1-2,5-6,9-10,13-19,30-31H2,(H,32,33,40,41). The van der Waals surface area contributed by atoms with E-state index >= 15 is 0 Å². The highest BCUT2D eigenvalue weighted by atomic mass is 16.3. The van der Waals surface area contributed by atoms with E-state index in [0.29, 0.717) is 44.0 Å². The van der Waals surface area contributed by atoms with E-state index in [1.165, 1.54) is 27.9 Å². The lowest BCUT2D eigenvalue weighted by atomic mass is 9.90. The lowest BCUT2D eigenvalue weighted by molar-refractivity contribution is -0.134. The van der Waals surface area contributed by atoms with E-state index in [-0.39, 0.29) is 11.7 Å². The highest BCUT2D eigenvalue weighted by molar-refractivity contribution is 5.88. The van der Waals surface area contributed by atoms with E-state index in [2.05, 4.69) is 27.3 Å². The predicted octanol–water partition coefficient (Wildman–Crippen LogP) is 0.710. The molecule has 3 fully saturated rings. The van der Waals surface area contributed by atoms with Crippen molar-refractivity contribution in [1.29, 1.82) is 0 Å². The van der Waals surface area contributed by atoms with Gasteiger partial charge in [-0.2, -0.15) is 4.98 Å². The van der Waals surface area contributed by atoms with Crippen LogP contribution in [0, 0.1) is 5.92 Å². The minimum Gasteiger partial charge on any atom is -0.394 e. The number of piperazine rings is 1. The molecule has 2 saturated carbocycles. The maximum absolute atomic E-state index is 12.8. The minimum absolute atomic E-state index is 0.164. The summed E-state index contributed by atoms with van der Waals surface area (Å²) >= 11 is 0. The molecule has 3 aliphatic rings. The number of hydrogen-bond acceptors (Lipinski definition) is 8. The summed E-state index contributed by atoms with van der Waals surface area (Å²) in [5, 5.41) is 11.8. The quantitative estimate of drug-likeness (QED) is 0.345. The van der Waals surface area contributed by atoms with Crippen molar-refractivity contribution in [1.82, 2.24) is 24.3 Å². The zero-order chi connectivity index (χ0) is 28.9. The van der Waals surface area contributed by atoms with Crippen molar-refractivity contribution >= 4 is 17.8 Å². The molecule has 6 N–H and O–H groups in total. The van der Waals surface area contributed by atoms with E-state index in [1.54, 1.807) is 17.2 Å². The van der Waals surface area contributed by atoms with Gasteiger partial charge in [-0.05, 0) is 68.2 Å². The fourth-order valence-electron chi connectivity index (χ4n) is 5.74. The highest BCUT2D eigenvalue weighted by Gasteiger charge is 2.30. The van der Waals surface area contributed by atoms with Gasteiger partial charge in [0.1, 0.15) is 11.9 Å². The van der Waals surface area contributed by atoms with Crippen LogP contribution in [0.4, 0.5) is 10.6 Å². The third-order valence-electron chi connectivity index (χ3n) is 8.48. The zero-order valence-electron chi connectivity index (χ0n) is 23.5. The first kappa shape index (κ1) is 29.2. The molecule has 0 bridgehead atoms.